The molecular formula is C16H12ClF2NOS. The molecule has 0 bridgehead atoms. The summed E-state index contributed by atoms with van der Waals surface area (Å²) in [5, 5.41) is 0.397. The minimum Gasteiger partial charge on any atom is -0.321 e. The van der Waals surface area contributed by atoms with E-state index in [-0.39, 0.29) is 23.4 Å². The highest BCUT2D eigenvalue weighted by Gasteiger charge is 2.33. The standard InChI is InChI=1S/C16H12ClF2NOS/c17-12-3-1-10(2-4-12)16-20(15(21)9-22-16)8-11-7-13(18)5-6-14(11)19/h1-7,16H,8-9H2. The topological polar surface area (TPSA) is 20.3 Å². The molecule has 1 atom stereocenters. The molecule has 0 saturated carbocycles. The molecule has 1 aliphatic heterocycles. The second-order valence-corrected chi connectivity index (χ2v) is 6.48. The van der Waals surface area contributed by atoms with Crippen molar-refractivity contribution < 1.29 is 13.6 Å². The molecule has 1 saturated heterocycles. The summed E-state index contributed by atoms with van der Waals surface area (Å²) in [7, 11) is 0. The van der Waals surface area contributed by atoms with E-state index in [0.29, 0.717) is 10.8 Å². The van der Waals surface area contributed by atoms with Crippen LogP contribution >= 0.6 is 23.4 Å². The number of amides is 1. The molecule has 6 heteroatoms. The smallest absolute Gasteiger partial charge is 0.234 e. The summed E-state index contributed by atoms with van der Waals surface area (Å²) in [6.45, 7) is 0.0444. The summed E-state index contributed by atoms with van der Waals surface area (Å²) in [5.41, 5.74) is 1.09. The summed E-state index contributed by atoms with van der Waals surface area (Å²) in [6.07, 6.45) is 0. The normalized spacial score (nSPS) is 18.0. The molecule has 0 aromatic heterocycles. The van der Waals surface area contributed by atoms with Crippen LogP contribution in [0.5, 0.6) is 0 Å². The van der Waals surface area contributed by atoms with Gasteiger partial charge in [0, 0.05) is 10.6 Å². The minimum atomic E-state index is -0.515. The number of halogens is 3. The highest BCUT2D eigenvalue weighted by molar-refractivity contribution is 8.00. The molecule has 1 unspecified atom stereocenters. The zero-order chi connectivity index (χ0) is 15.7. The quantitative estimate of drug-likeness (QED) is 0.826. The molecule has 1 heterocycles. The molecule has 0 radical (unpaired) electrons. The second-order valence-electron chi connectivity index (χ2n) is 4.97. The van der Waals surface area contributed by atoms with Crippen molar-refractivity contribution in [3.05, 3.63) is 70.2 Å². The molecule has 1 fully saturated rings. The Morgan fingerprint density at radius 1 is 1.18 bits per heavy atom. The van der Waals surface area contributed by atoms with Gasteiger partial charge in [-0.05, 0) is 35.9 Å². The summed E-state index contributed by atoms with van der Waals surface area (Å²) in [4.78, 5) is 13.6. The van der Waals surface area contributed by atoms with Crippen molar-refractivity contribution in [3.63, 3.8) is 0 Å². The van der Waals surface area contributed by atoms with Crippen molar-refractivity contribution >= 4 is 29.3 Å². The van der Waals surface area contributed by atoms with Crippen LogP contribution in [0.25, 0.3) is 0 Å². The number of thioether (sulfide) groups is 1. The SMILES string of the molecule is O=C1CSC(c2ccc(Cl)cc2)N1Cc1cc(F)ccc1F. The van der Waals surface area contributed by atoms with Crippen LogP contribution in [0.2, 0.25) is 5.02 Å². The zero-order valence-corrected chi connectivity index (χ0v) is 13.0. The Morgan fingerprint density at radius 3 is 2.64 bits per heavy atom. The predicted octanol–water partition coefficient (Wildman–Crippen LogP) is 4.39. The fraction of sp³-hybridized carbons (Fsp3) is 0.188. The van der Waals surface area contributed by atoms with Gasteiger partial charge in [-0.25, -0.2) is 8.78 Å². The Kier molecular flexibility index (Phi) is 4.36. The molecular weight excluding hydrogens is 328 g/mol. The van der Waals surface area contributed by atoms with Crippen molar-refractivity contribution in [3.8, 4) is 0 Å². The Hall–Kier alpha value is -1.59. The summed E-state index contributed by atoms with van der Waals surface area (Å²) >= 11 is 7.34. The van der Waals surface area contributed by atoms with Crippen LogP contribution in [0.3, 0.4) is 0 Å². The molecule has 114 valence electrons. The van der Waals surface area contributed by atoms with E-state index in [9.17, 15) is 13.6 Å². The molecule has 0 aliphatic carbocycles. The highest BCUT2D eigenvalue weighted by atomic mass is 35.5. The molecule has 2 aromatic carbocycles. The Morgan fingerprint density at radius 2 is 1.91 bits per heavy atom. The van der Waals surface area contributed by atoms with Gasteiger partial charge in [-0.1, -0.05) is 23.7 Å². The monoisotopic (exact) mass is 339 g/mol. The van der Waals surface area contributed by atoms with E-state index in [2.05, 4.69) is 0 Å². The van der Waals surface area contributed by atoms with E-state index < -0.39 is 11.6 Å². The van der Waals surface area contributed by atoms with Gasteiger partial charge in [0.2, 0.25) is 5.91 Å². The van der Waals surface area contributed by atoms with E-state index in [0.717, 1.165) is 23.8 Å². The molecule has 0 spiro atoms. The Balaban J connectivity index is 1.88. The average Bonchev–Trinajstić information content (AvgIpc) is 2.85. The highest BCUT2D eigenvalue weighted by Crippen LogP contribution is 2.40. The zero-order valence-electron chi connectivity index (χ0n) is 11.4. The third-order valence-corrected chi connectivity index (χ3v) is 4.98. The van der Waals surface area contributed by atoms with E-state index in [1.54, 1.807) is 17.0 Å². The maximum atomic E-state index is 13.8. The van der Waals surface area contributed by atoms with Crippen molar-refractivity contribution in [1.29, 1.82) is 0 Å². The van der Waals surface area contributed by atoms with Crippen molar-refractivity contribution in [2.75, 3.05) is 5.75 Å². The maximum absolute atomic E-state index is 13.8. The predicted molar refractivity (Wildman–Crippen MR) is 83.6 cm³/mol. The van der Waals surface area contributed by atoms with Gasteiger partial charge in [0.1, 0.15) is 17.0 Å². The fourth-order valence-electron chi connectivity index (χ4n) is 2.38. The first kappa shape index (κ1) is 15.3. The van der Waals surface area contributed by atoms with E-state index in [4.69, 9.17) is 11.6 Å². The van der Waals surface area contributed by atoms with Gasteiger partial charge in [0.25, 0.3) is 0 Å². The van der Waals surface area contributed by atoms with Gasteiger partial charge in [0.15, 0.2) is 0 Å². The van der Waals surface area contributed by atoms with Crippen molar-refractivity contribution in [2.45, 2.75) is 11.9 Å². The lowest BCUT2D eigenvalue weighted by Crippen LogP contribution is -2.28. The number of hydrogen-bond donors (Lipinski definition) is 0. The number of hydrogen-bond acceptors (Lipinski definition) is 2. The summed E-state index contributed by atoms with van der Waals surface area (Å²) in [6, 6.07) is 10.5. The average molecular weight is 340 g/mol. The first-order chi connectivity index (χ1) is 10.5. The molecule has 1 amide bonds. The number of nitrogens with zero attached hydrogens (tertiary/aromatic N) is 1. The molecule has 2 aromatic rings. The number of carbonyl (C=O) groups excluding carboxylic acids is 1. The lowest BCUT2D eigenvalue weighted by Gasteiger charge is -2.24. The Labute approximate surface area is 136 Å². The maximum Gasteiger partial charge on any atom is 0.234 e. The lowest BCUT2D eigenvalue weighted by molar-refractivity contribution is -0.128. The van der Waals surface area contributed by atoms with Crippen LogP contribution in [-0.4, -0.2) is 16.6 Å². The van der Waals surface area contributed by atoms with Crippen molar-refractivity contribution in [1.82, 2.24) is 4.90 Å². The second kappa shape index (κ2) is 6.26. The van der Waals surface area contributed by atoms with Gasteiger partial charge in [-0.3, -0.25) is 4.79 Å². The molecule has 3 rings (SSSR count). The van der Waals surface area contributed by atoms with Crippen LogP contribution < -0.4 is 0 Å². The van der Waals surface area contributed by atoms with Crippen LogP contribution in [0.1, 0.15) is 16.5 Å². The van der Waals surface area contributed by atoms with E-state index in [1.807, 2.05) is 12.1 Å². The van der Waals surface area contributed by atoms with Crippen LogP contribution in [0, 0.1) is 11.6 Å². The largest absolute Gasteiger partial charge is 0.321 e. The van der Waals surface area contributed by atoms with Crippen LogP contribution in [0.15, 0.2) is 42.5 Å². The van der Waals surface area contributed by atoms with Gasteiger partial charge in [-0.15, -0.1) is 11.8 Å². The van der Waals surface area contributed by atoms with E-state index in [1.165, 1.54) is 11.8 Å². The number of benzene rings is 2. The van der Waals surface area contributed by atoms with Gasteiger partial charge in [-0.2, -0.15) is 0 Å². The van der Waals surface area contributed by atoms with Gasteiger partial charge >= 0.3 is 0 Å². The fourth-order valence-corrected chi connectivity index (χ4v) is 3.69. The Bertz CT molecular complexity index is 708. The van der Waals surface area contributed by atoms with Gasteiger partial charge < -0.3 is 4.90 Å². The molecule has 2 nitrogen and oxygen atoms in total. The summed E-state index contributed by atoms with van der Waals surface area (Å²) in [5.74, 6) is -0.794. The lowest BCUT2D eigenvalue weighted by atomic mass is 10.1. The summed E-state index contributed by atoms with van der Waals surface area (Å²) < 4.78 is 27.1. The van der Waals surface area contributed by atoms with Crippen LogP contribution in [-0.2, 0) is 11.3 Å². The third-order valence-electron chi connectivity index (χ3n) is 3.47. The van der Waals surface area contributed by atoms with Gasteiger partial charge in [0.05, 0.1) is 12.3 Å². The molecule has 0 N–H and O–H groups in total. The third kappa shape index (κ3) is 3.10. The first-order valence-electron chi connectivity index (χ1n) is 6.65. The molecule has 1 aliphatic rings. The number of carbonyl (C=O) groups is 1. The van der Waals surface area contributed by atoms with Crippen LogP contribution in [0.4, 0.5) is 8.78 Å². The first-order valence-corrected chi connectivity index (χ1v) is 8.08. The number of rotatable bonds is 3. The van der Waals surface area contributed by atoms with Crippen molar-refractivity contribution in [2.24, 2.45) is 0 Å². The minimum absolute atomic E-state index is 0.0444. The molecule has 22 heavy (non-hydrogen) atoms. The van der Waals surface area contributed by atoms with E-state index >= 15 is 0 Å².